The molecular weight excluding hydrogens is 240 g/mol. The van der Waals surface area contributed by atoms with Crippen LogP contribution < -0.4 is 11.1 Å². The maximum absolute atomic E-state index is 5.98. The van der Waals surface area contributed by atoms with Gasteiger partial charge in [0.1, 0.15) is 17.5 Å². The summed E-state index contributed by atoms with van der Waals surface area (Å²) in [5.74, 6) is 2.96. The molecule has 3 rings (SSSR count). The zero-order valence-corrected chi connectivity index (χ0v) is 11.6. The van der Waals surface area contributed by atoms with Crippen molar-refractivity contribution in [2.24, 2.45) is 0 Å². The number of anilines is 2. The molecule has 104 valence electrons. The summed E-state index contributed by atoms with van der Waals surface area (Å²) >= 11 is 0. The molecule has 0 atom stereocenters. The van der Waals surface area contributed by atoms with Crippen LogP contribution in [-0.4, -0.2) is 28.7 Å². The van der Waals surface area contributed by atoms with E-state index in [1.54, 1.807) is 0 Å². The third-order valence-electron chi connectivity index (χ3n) is 3.98. The summed E-state index contributed by atoms with van der Waals surface area (Å²) in [7, 11) is 0. The number of nitrogens with two attached hydrogens (primary N) is 1. The lowest BCUT2D eigenvalue weighted by molar-refractivity contribution is 0.00291. The maximum Gasteiger partial charge on any atom is 0.136 e. The van der Waals surface area contributed by atoms with Gasteiger partial charge in [0.15, 0.2) is 0 Å². The van der Waals surface area contributed by atoms with Gasteiger partial charge < -0.3 is 15.8 Å². The van der Waals surface area contributed by atoms with Crippen molar-refractivity contribution in [3.63, 3.8) is 0 Å². The minimum absolute atomic E-state index is 0.407. The summed E-state index contributed by atoms with van der Waals surface area (Å²) in [6.45, 7) is 4.81. The number of aromatic nitrogens is 2. The standard InChI is InChI=1S/C14H22N4O/c1-3-19-11-6-10(7-11)16-13-8(2)12(15)17-14(18-13)9-4-5-9/h9-11H,3-7H2,1-2H3,(H3,15,16,17,18). The molecule has 0 bridgehead atoms. The van der Waals surface area contributed by atoms with Crippen LogP contribution >= 0.6 is 0 Å². The van der Waals surface area contributed by atoms with Gasteiger partial charge in [-0.3, -0.25) is 0 Å². The molecule has 2 aliphatic carbocycles. The van der Waals surface area contributed by atoms with E-state index < -0.39 is 0 Å². The Morgan fingerprint density at radius 3 is 2.68 bits per heavy atom. The highest BCUT2D eigenvalue weighted by molar-refractivity contribution is 5.55. The van der Waals surface area contributed by atoms with Gasteiger partial charge in [-0.2, -0.15) is 0 Å². The Hall–Kier alpha value is -1.36. The predicted octanol–water partition coefficient (Wildman–Crippen LogP) is 2.22. The fraction of sp³-hybridized carbons (Fsp3) is 0.714. The minimum Gasteiger partial charge on any atom is -0.383 e. The molecule has 0 aliphatic heterocycles. The van der Waals surface area contributed by atoms with Crippen LogP contribution in [0.15, 0.2) is 0 Å². The van der Waals surface area contributed by atoms with Gasteiger partial charge >= 0.3 is 0 Å². The summed E-state index contributed by atoms with van der Waals surface area (Å²) in [5.41, 5.74) is 6.94. The lowest BCUT2D eigenvalue weighted by atomic mass is 9.89. The molecule has 2 saturated carbocycles. The Kier molecular flexibility index (Phi) is 3.31. The number of nitrogen functional groups attached to an aromatic ring is 1. The van der Waals surface area contributed by atoms with Crippen molar-refractivity contribution >= 4 is 11.6 Å². The van der Waals surface area contributed by atoms with E-state index in [2.05, 4.69) is 15.3 Å². The Morgan fingerprint density at radius 2 is 2.05 bits per heavy atom. The second-order valence-electron chi connectivity index (χ2n) is 5.60. The first-order chi connectivity index (χ1) is 9.17. The van der Waals surface area contributed by atoms with Gasteiger partial charge in [-0.25, -0.2) is 9.97 Å². The lowest BCUT2D eigenvalue weighted by Gasteiger charge is -2.36. The quantitative estimate of drug-likeness (QED) is 0.851. The fourth-order valence-electron chi connectivity index (χ4n) is 2.47. The van der Waals surface area contributed by atoms with Crippen LogP contribution in [0.4, 0.5) is 11.6 Å². The molecule has 1 aromatic heterocycles. The average Bonchev–Trinajstić information content (AvgIpc) is 3.15. The maximum atomic E-state index is 5.98. The normalized spacial score (nSPS) is 26.0. The van der Waals surface area contributed by atoms with E-state index in [1.807, 2.05) is 13.8 Å². The van der Waals surface area contributed by atoms with Gasteiger partial charge in [-0.15, -0.1) is 0 Å². The summed E-state index contributed by atoms with van der Waals surface area (Å²) in [6.07, 6.45) is 4.89. The molecule has 0 unspecified atom stereocenters. The number of hydrogen-bond acceptors (Lipinski definition) is 5. The SMILES string of the molecule is CCOC1CC(Nc2nc(C3CC3)nc(N)c2C)C1. The van der Waals surface area contributed by atoms with Gasteiger partial charge in [0.2, 0.25) is 0 Å². The van der Waals surface area contributed by atoms with Gasteiger partial charge in [0, 0.05) is 24.1 Å². The summed E-state index contributed by atoms with van der Waals surface area (Å²) < 4.78 is 5.57. The van der Waals surface area contributed by atoms with Crippen LogP contribution in [0.1, 0.15) is 49.9 Å². The fourth-order valence-corrected chi connectivity index (χ4v) is 2.47. The van der Waals surface area contributed by atoms with Crippen molar-refractivity contribution in [3.8, 4) is 0 Å². The largest absolute Gasteiger partial charge is 0.383 e. The van der Waals surface area contributed by atoms with Gasteiger partial charge in [0.05, 0.1) is 6.10 Å². The minimum atomic E-state index is 0.407. The van der Waals surface area contributed by atoms with E-state index in [-0.39, 0.29) is 0 Å². The van der Waals surface area contributed by atoms with Gasteiger partial charge in [-0.1, -0.05) is 0 Å². The summed E-state index contributed by atoms with van der Waals surface area (Å²) in [4.78, 5) is 9.04. The Labute approximate surface area is 114 Å². The highest BCUT2D eigenvalue weighted by atomic mass is 16.5. The lowest BCUT2D eigenvalue weighted by Crippen LogP contribution is -2.41. The van der Waals surface area contributed by atoms with E-state index in [1.165, 1.54) is 12.8 Å². The van der Waals surface area contributed by atoms with Crippen LogP contribution in [-0.2, 0) is 4.74 Å². The van der Waals surface area contributed by atoms with Crippen LogP contribution in [0, 0.1) is 6.92 Å². The average molecular weight is 262 g/mol. The number of nitrogens with one attached hydrogen (secondary N) is 1. The van der Waals surface area contributed by atoms with Crippen molar-refractivity contribution in [1.29, 1.82) is 0 Å². The Bertz CT molecular complexity index is 467. The van der Waals surface area contributed by atoms with Crippen molar-refractivity contribution in [3.05, 3.63) is 11.4 Å². The third kappa shape index (κ3) is 2.66. The van der Waals surface area contributed by atoms with E-state index in [4.69, 9.17) is 10.5 Å². The van der Waals surface area contributed by atoms with Crippen LogP contribution in [0.2, 0.25) is 0 Å². The van der Waals surface area contributed by atoms with Crippen LogP contribution in [0.5, 0.6) is 0 Å². The monoisotopic (exact) mass is 262 g/mol. The molecule has 5 nitrogen and oxygen atoms in total. The van der Waals surface area contributed by atoms with Crippen LogP contribution in [0.25, 0.3) is 0 Å². The highest BCUT2D eigenvalue weighted by Gasteiger charge is 2.31. The molecule has 3 N–H and O–H groups in total. The van der Waals surface area contributed by atoms with Crippen molar-refractivity contribution < 1.29 is 4.74 Å². The zero-order chi connectivity index (χ0) is 13.4. The zero-order valence-electron chi connectivity index (χ0n) is 11.6. The molecule has 2 aliphatic rings. The molecule has 0 aromatic carbocycles. The number of rotatable bonds is 5. The first-order valence-electron chi connectivity index (χ1n) is 7.19. The van der Waals surface area contributed by atoms with Crippen molar-refractivity contribution in [2.75, 3.05) is 17.7 Å². The van der Waals surface area contributed by atoms with Gasteiger partial charge in [0.25, 0.3) is 0 Å². The van der Waals surface area contributed by atoms with E-state index in [9.17, 15) is 0 Å². The number of hydrogen-bond donors (Lipinski definition) is 2. The van der Waals surface area contributed by atoms with E-state index in [0.717, 1.165) is 36.7 Å². The second-order valence-corrected chi connectivity index (χ2v) is 5.60. The first-order valence-corrected chi connectivity index (χ1v) is 7.19. The number of ether oxygens (including phenoxy) is 1. The number of nitrogens with zero attached hydrogens (tertiary/aromatic N) is 2. The molecule has 0 amide bonds. The van der Waals surface area contributed by atoms with Crippen molar-refractivity contribution in [1.82, 2.24) is 9.97 Å². The predicted molar refractivity (Wildman–Crippen MR) is 75.2 cm³/mol. The Morgan fingerprint density at radius 1 is 1.32 bits per heavy atom. The molecular formula is C14H22N4O. The smallest absolute Gasteiger partial charge is 0.136 e. The Balaban J connectivity index is 1.67. The third-order valence-corrected chi connectivity index (χ3v) is 3.98. The topological polar surface area (TPSA) is 73.1 Å². The first kappa shape index (κ1) is 12.7. The van der Waals surface area contributed by atoms with Crippen molar-refractivity contribution in [2.45, 2.75) is 57.6 Å². The molecule has 0 saturated heterocycles. The summed E-state index contributed by atoms with van der Waals surface area (Å²) in [6, 6.07) is 0.455. The van der Waals surface area contributed by atoms with E-state index in [0.29, 0.717) is 23.9 Å². The molecule has 5 heteroatoms. The van der Waals surface area contributed by atoms with E-state index >= 15 is 0 Å². The molecule has 2 fully saturated rings. The molecule has 1 heterocycles. The summed E-state index contributed by atoms with van der Waals surface area (Å²) in [5, 5.41) is 3.49. The molecule has 0 radical (unpaired) electrons. The molecule has 19 heavy (non-hydrogen) atoms. The van der Waals surface area contributed by atoms with Crippen LogP contribution in [0.3, 0.4) is 0 Å². The highest BCUT2D eigenvalue weighted by Crippen LogP contribution is 2.39. The second kappa shape index (κ2) is 4.96. The molecule has 1 aromatic rings. The molecule has 0 spiro atoms. The van der Waals surface area contributed by atoms with Gasteiger partial charge in [-0.05, 0) is 39.5 Å².